The van der Waals surface area contributed by atoms with Gasteiger partial charge < -0.3 is 4.74 Å². The lowest BCUT2D eigenvalue weighted by Crippen LogP contribution is -2.19. The van der Waals surface area contributed by atoms with Crippen LogP contribution in [0.2, 0.25) is 0 Å². The minimum atomic E-state index is -0.129. The Bertz CT molecular complexity index is 404. The standard InChI is InChI=1S/C17H24O2/c1-5-7-16(17(18)19-6-2)12-14-8-10-15(11-9-14)13(3)4/h5,8-11,13,16H,1,6-7,12H2,2-4H3/t16-/m0/s1. The number of hydrogen-bond donors (Lipinski definition) is 0. The predicted molar refractivity (Wildman–Crippen MR) is 79.2 cm³/mol. The maximum absolute atomic E-state index is 11.8. The molecule has 1 aromatic rings. The average Bonchev–Trinajstić information content (AvgIpc) is 2.39. The third kappa shape index (κ3) is 4.90. The van der Waals surface area contributed by atoms with Gasteiger partial charge in [0.05, 0.1) is 12.5 Å². The van der Waals surface area contributed by atoms with Crippen LogP contribution in [0.1, 0.15) is 44.2 Å². The molecule has 0 saturated heterocycles. The Labute approximate surface area is 116 Å². The van der Waals surface area contributed by atoms with Gasteiger partial charge in [0.15, 0.2) is 0 Å². The molecule has 2 nitrogen and oxygen atoms in total. The minimum absolute atomic E-state index is 0.123. The molecule has 0 amide bonds. The van der Waals surface area contributed by atoms with Gasteiger partial charge in [-0.25, -0.2) is 0 Å². The molecule has 0 radical (unpaired) electrons. The fourth-order valence-electron chi connectivity index (χ4n) is 2.05. The van der Waals surface area contributed by atoms with Crippen molar-refractivity contribution in [2.75, 3.05) is 6.61 Å². The monoisotopic (exact) mass is 260 g/mol. The van der Waals surface area contributed by atoms with Crippen molar-refractivity contribution < 1.29 is 9.53 Å². The van der Waals surface area contributed by atoms with Crippen molar-refractivity contribution in [2.45, 2.75) is 39.5 Å². The molecule has 19 heavy (non-hydrogen) atoms. The third-order valence-electron chi connectivity index (χ3n) is 3.20. The molecule has 0 aliphatic heterocycles. The molecule has 1 atom stereocenters. The van der Waals surface area contributed by atoms with Gasteiger partial charge in [0.25, 0.3) is 0 Å². The molecular formula is C17H24O2. The Morgan fingerprint density at radius 3 is 2.42 bits per heavy atom. The summed E-state index contributed by atoms with van der Waals surface area (Å²) in [6.45, 7) is 10.3. The largest absolute Gasteiger partial charge is 0.466 e. The molecule has 1 rings (SSSR count). The first kappa shape index (κ1) is 15.5. The van der Waals surface area contributed by atoms with E-state index in [1.165, 1.54) is 11.1 Å². The van der Waals surface area contributed by atoms with Crippen LogP contribution < -0.4 is 0 Å². The van der Waals surface area contributed by atoms with Crippen LogP contribution in [0.15, 0.2) is 36.9 Å². The van der Waals surface area contributed by atoms with E-state index in [0.717, 1.165) is 0 Å². The molecule has 0 aromatic heterocycles. The summed E-state index contributed by atoms with van der Waals surface area (Å²) in [5.41, 5.74) is 2.49. The van der Waals surface area contributed by atoms with Gasteiger partial charge >= 0.3 is 5.97 Å². The fraction of sp³-hybridized carbons (Fsp3) is 0.471. The molecule has 0 aliphatic rings. The number of rotatable bonds is 7. The topological polar surface area (TPSA) is 26.3 Å². The predicted octanol–water partition coefficient (Wildman–Crippen LogP) is 4.11. The number of ether oxygens (including phenoxy) is 1. The number of allylic oxidation sites excluding steroid dienone is 1. The van der Waals surface area contributed by atoms with Gasteiger partial charge in [-0.05, 0) is 36.8 Å². The molecule has 0 spiro atoms. The van der Waals surface area contributed by atoms with Crippen LogP contribution in [0.3, 0.4) is 0 Å². The van der Waals surface area contributed by atoms with Crippen LogP contribution >= 0.6 is 0 Å². The zero-order valence-electron chi connectivity index (χ0n) is 12.2. The lowest BCUT2D eigenvalue weighted by molar-refractivity contribution is -0.147. The van der Waals surface area contributed by atoms with Crippen molar-refractivity contribution in [1.82, 2.24) is 0 Å². The summed E-state index contributed by atoms with van der Waals surface area (Å²) in [7, 11) is 0. The second kappa shape index (κ2) is 7.78. The zero-order valence-corrected chi connectivity index (χ0v) is 12.2. The summed E-state index contributed by atoms with van der Waals surface area (Å²) in [4.78, 5) is 11.8. The number of carbonyl (C=O) groups excluding carboxylic acids is 1. The number of benzene rings is 1. The summed E-state index contributed by atoms with van der Waals surface area (Å²) in [6, 6.07) is 8.47. The van der Waals surface area contributed by atoms with Crippen LogP contribution in [0.25, 0.3) is 0 Å². The summed E-state index contributed by atoms with van der Waals surface area (Å²) in [5, 5.41) is 0. The van der Waals surface area contributed by atoms with Crippen molar-refractivity contribution >= 4 is 5.97 Å². The van der Waals surface area contributed by atoms with Crippen LogP contribution in [0.5, 0.6) is 0 Å². The third-order valence-corrected chi connectivity index (χ3v) is 3.20. The van der Waals surface area contributed by atoms with Gasteiger partial charge in [-0.1, -0.05) is 44.2 Å². The van der Waals surface area contributed by atoms with E-state index in [9.17, 15) is 4.79 Å². The van der Waals surface area contributed by atoms with Crippen molar-refractivity contribution in [2.24, 2.45) is 5.92 Å². The molecule has 0 unspecified atom stereocenters. The molecule has 1 aromatic carbocycles. The van der Waals surface area contributed by atoms with Crippen molar-refractivity contribution in [1.29, 1.82) is 0 Å². The molecule has 2 heteroatoms. The van der Waals surface area contributed by atoms with E-state index < -0.39 is 0 Å². The van der Waals surface area contributed by atoms with Gasteiger partial charge in [0, 0.05) is 0 Å². The maximum Gasteiger partial charge on any atom is 0.309 e. The molecule has 0 N–H and O–H groups in total. The minimum Gasteiger partial charge on any atom is -0.466 e. The first-order valence-corrected chi connectivity index (χ1v) is 6.94. The van der Waals surface area contributed by atoms with Crippen molar-refractivity contribution in [3.8, 4) is 0 Å². The molecule has 0 fully saturated rings. The second-order valence-electron chi connectivity index (χ2n) is 5.07. The Kier molecular flexibility index (Phi) is 6.34. The molecular weight excluding hydrogens is 236 g/mol. The first-order valence-electron chi connectivity index (χ1n) is 6.94. The normalized spacial score (nSPS) is 12.2. The van der Waals surface area contributed by atoms with E-state index >= 15 is 0 Å². The Hall–Kier alpha value is -1.57. The average molecular weight is 260 g/mol. The van der Waals surface area contributed by atoms with E-state index in [0.29, 0.717) is 25.4 Å². The number of carbonyl (C=O) groups is 1. The Morgan fingerprint density at radius 1 is 1.32 bits per heavy atom. The second-order valence-corrected chi connectivity index (χ2v) is 5.07. The van der Waals surface area contributed by atoms with E-state index in [2.05, 4.69) is 44.7 Å². The highest BCUT2D eigenvalue weighted by molar-refractivity contribution is 5.73. The van der Waals surface area contributed by atoms with Crippen molar-refractivity contribution in [3.63, 3.8) is 0 Å². The molecule has 0 aliphatic carbocycles. The molecule has 0 heterocycles. The summed E-state index contributed by atoms with van der Waals surface area (Å²) in [5.74, 6) is 0.278. The quantitative estimate of drug-likeness (QED) is 0.545. The van der Waals surface area contributed by atoms with E-state index in [-0.39, 0.29) is 11.9 Å². The summed E-state index contributed by atoms with van der Waals surface area (Å²) >= 11 is 0. The van der Waals surface area contributed by atoms with Gasteiger partial charge in [-0.3, -0.25) is 4.79 Å². The van der Waals surface area contributed by atoms with Gasteiger partial charge in [-0.15, -0.1) is 6.58 Å². The van der Waals surface area contributed by atoms with Crippen molar-refractivity contribution in [3.05, 3.63) is 48.0 Å². The van der Waals surface area contributed by atoms with E-state index in [4.69, 9.17) is 4.74 Å². The van der Waals surface area contributed by atoms with Gasteiger partial charge in [0.2, 0.25) is 0 Å². The van der Waals surface area contributed by atoms with Crippen LogP contribution in [-0.2, 0) is 16.0 Å². The zero-order chi connectivity index (χ0) is 14.3. The Morgan fingerprint density at radius 2 is 1.95 bits per heavy atom. The highest BCUT2D eigenvalue weighted by atomic mass is 16.5. The smallest absolute Gasteiger partial charge is 0.309 e. The summed E-state index contributed by atoms with van der Waals surface area (Å²) < 4.78 is 5.10. The summed E-state index contributed by atoms with van der Waals surface area (Å²) in [6.07, 6.45) is 3.15. The number of hydrogen-bond acceptors (Lipinski definition) is 2. The van der Waals surface area contributed by atoms with Gasteiger partial charge in [0.1, 0.15) is 0 Å². The lowest BCUT2D eigenvalue weighted by atomic mass is 9.94. The Balaban J connectivity index is 2.73. The molecule has 0 bridgehead atoms. The molecule has 0 saturated carbocycles. The number of esters is 1. The van der Waals surface area contributed by atoms with E-state index in [1.54, 1.807) is 6.08 Å². The van der Waals surface area contributed by atoms with E-state index in [1.807, 2.05) is 6.92 Å². The van der Waals surface area contributed by atoms with Crippen LogP contribution in [-0.4, -0.2) is 12.6 Å². The maximum atomic E-state index is 11.8. The molecule has 104 valence electrons. The highest BCUT2D eigenvalue weighted by Crippen LogP contribution is 2.19. The lowest BCUT2D eigenvalue weighted by Gasteiger charge is -2.14. The fourth-order valence-corrected chi connectivity index (χ4v) is 2.05. The van der Waals surface area contributed by atoms with Crippen LogP contribution in [0, 0.1) is 5.92 Å². The van der Waals surface area contributed by atoms with Gasteiger partial charge in [-0.2, -0.15) is 0 Å². The van der Waals surface area contributed by atoms with Crippen LogP contribution in [0.4, 0.5) is 0 Å². The highest BCUT2D eigenvalue weighted by Gasteiger charge is 2.18. The SMILES string of the molecule is C=CC[C@@H](Cc1ccc(C(C)C)cc1)C(=O)OCC. The first-order chi connectivity index (χ1) is 9.08.